The van der Waals surface area contributed by atoms with Crippen LogP contribution in [0.2, 0.25) is 0 Å². The molecule has 1 aliphatic heterocycles. The zero-order valence-electron chi connectivity index (χ0n) is 17.9. The van der Waals surface area contributed by atoms with Crippen molar-refractivity contribution in [3.8, 4) is 5.75 Å². The molecule has 2 amide bonds. The molecule has 4 bridgehead atoms. The van der Waals surface area contributed by atoms with Crippen molar-refractivity contribution in [2.24, 2.45) is 23.2 Å². The summed E-state index contributed by atoms with van der Waals surface area (Å²) in [6, 6.07) is 5.33. The van der Waals surface area contributed by atoms with Crippen LogP contribution in [0.5, 0.6) is 5.75 Å². The number of aromatic nitrogens is 1. The van der Waals surface area contributed by atoms with Crippen LogP contribution in [0.3, 0.4) is 0 Å². The van der Waals surface area contributed by atoms with E-state index in [2.05, 4.69) is 10.3 Å². The highest BCUT2D eigenvalue weighted by Gasteiger charge is 2.56. The number of fused-ring (bicyclic) bond motifs is 1. The number of hydrogen-bond acceptors (Lipinski definition) is 5. The second-order valence-corrected chi connectivity index (χ2v) is 11.2. The van der Waals surface area contributed by atoms with Crippen molar-refractivity contribution in [3.05, 3.63) is 18.2 Å². The van der Waals surface area contributed by atoms with Gasteiger partial charge in [0, 0.05) is 6.54 Å². The number of amides is 2. The number of rotatable bonds is 4. The molecular weight excluding hydrogens is 410 g/mol. The third-order valence-corrected chi connectivity index (χ3v) is 9.07. The summed E-state index contributed by atoms with van der Waals surface area (Å²) in [5.41, 5.74) is 0.651. The molecule has 0 spiro atoms. The van der Waals surface area contributed by atoms with E-state index in [-0.39, 0.29) is 23.3 Å². The monoisotopic (exact) mass is 439 g/mol. The molecule has 5 aliphatic rings. The molecule has 1 aromatic carbocycles. The number of methoxy groups -OCH3 is 1. The smallest absolute Gasteiger partial charge is 0.248 e. The summed E-state index contributed by atoms with van der Waals surface area (Å²) < 4.78 is 6.26. The summed E-state index contributed by atoms with van der Waals surface area (Å²) in [6.07, 6.45) is 8.72. The molecule has 1 saturated heterocycles. The highest BCUT2D eigenvalue weighted by molar-refractivity contribution is 7.22. The maximum atomic E-state index is 13.8. The number of likely N-dealkylation sites (tertiary alicyclic amines) is 1. The van der Waals surface area contributed by atoms with E-state index in [1.165, 1.54) is 30.6 Å². The van der Waals surface area contributed by atoms with Crippen molar-refractivity contribution >= 4 is 38.5 Å². The van der Waals surface area contributed by atoms with Crippen LogP contribution in [0.25, 0.3) is 10.2 Å². The summed E-state index contributed by atoms with van der Waals surface area (Å²) in [5, 5.41) is 3.59. The van der Waals surface area contributed by atoms with Gasteiger partial charge in [-0.15, -0.1) is 0 Å². The number of anilines is 1. The van der Waals surface area contributed by atoms with Gasteiger partial charge in [-0.05, 0) is 87.3 Å². The van der Waals surface area contributed by atoms with E-state index < -0.39 is 0 Å². The molecule has 4 aliphatic carbocycles. The topological polar surface area (TPSA) is 71.5 Å². The Balaban J connectivity index is 1.20. The zero-order valence-corrected chi connectivity index (χ0v) is 18.7. The number of thiazole rings is 1. The first-order valence-electron chi connectivity index (χ1n) is 11.6. The molecule has 1 atom stereocenters. The first kappa shape index (κ1) is 19.5. The van der Waals surface area contributed by atoms with E-state index in [1.54, 1.807) is 7.11 Å². The van der Waals surface area contributed by atoms with Crippen LogP contribution >= 0.6 is 11.3 Å². The highest BCUT2D eigenvalue weighted by Crippen LogP contribution is 2.60. The maximum absolute atomic E-state index is 13.8. The SMILES string of the molecule is COc1ccc2nc(NC(=O)C3CCCN3C(=O)C34CC5CC(CC(C5)C3)C4)sc2c1. The molecule has 1 aromatic heterocycles. The molecule has 7 heteroatoms. The number of carbonyl (C=O) groups excluding carboxylic acids is 2. The lowest BCUT2D eigenvalue weighted by Crippen LogP contribution is -2.56. The molecule has 7 rings (SSSR count). The van der Waals surface area contributed by atoms with Crippen LogP contribution in [0, 0.1) is 23.2 Å². The summed E-state index contributed by atoms with van der Waals surface area (Å²) in [7, 11) is 1.64. The number of nitrogens with zero attached hydrogens (tertiary/aromatic N) is 2. The van der Waals surface area contributed by atoms with Gasteiger partial charge >= 0.3 is 0 Å². The Kier molecular flexibility index (Phi) is 4.53. The van der Waals surface area contributed by atoms with E-state index in [0.29, 0.717) is 11.7 Å². The van der Waals surface area contributed by atoms with Crippen LogP contribution in [-0.4, -0.2) is 41.4 Å². The Bertz CT molecular complexity index is 1010. The van der Waals surface area contributed by atoms with E-state index in [9.17, 15) is 9.59 Å². The van der Waals surface area contributed by atoms with Gasteiger partial charge in [0.2, 0.25) is 11.8 Å². The Morgan fingerprint density at radius 2 is 1.87 bits per heavy atom. The van der Waals surface area contributed by atoms with E-state index in [4.69, 9.17) is 4.74 Å². The maximum Gasteiger partial charge on any atom is 0.248 e. The molecule has 5 fully saturated rings. The predicted molar refractivity (Wildman–Crippen MR) is 120 cm³/mol. The summed E-state index contributed by atoms with van der Waals surface area (Å²) in [6.45, 7) is 0.704. The fraction of sp³-hybridized carbons (Fsp3) is 0.625. The van der Waals surface area contributed by atoms with E-state index in [1.807, 2.05) is 23.1 Å². The van der Waals surface area contributed by atoms with Crippen molar-refractivity contribution < 1.29 is 14.3 Å². The Morgan fingerprint density at radius 1 is 1.16 bits per heavy atom. The number of carbonyl (C=O) groups is 2. The number of nitrogens with one attached hydrogen (secondary N) is 1. The van der Waals surface area contributed by atoms with Gasteiger partial charge in [-0.1, -0.05) is 11.3 Å². The van der Waals surface area contributed by atoms with Crippen molar-refractivity contribution in [1.82, 2.24) is 9.88 Å². The minimum atomic E-state index is -0.373. The largest absolute Gasteiger partial charge is 0.497 e. The first-order chi connectivity index (χ1) is 15.0. The summed E-state index contributed by atoms with van der Waals surface area (Å²) in [4.78, 5) is 33.5. The van der Waals surface area contributed by atoms with Gasteiger partial charge in [0.15, 0.2) is 5.13 Å². The summed E-state index contributed by atoms with van der Waals surface area (Å²) in [5.74, 6) is 3.12. The second-order valence-electron chi connectivity index (χ2n) is 10.2. The number of hydrogen-bond donors (Lipinski definition) is 1. The second kappa shape index (κ2) is 7.19. The van der Waals surface area contributed by atoms with Crippen LogP contribution in [0.4, 0.5) is 5.13 Å². The Morgan fingerprint density at radius 3 is 2.55 bits per heavy atom. The first-order valence-corrected chi connectivity index (χ1v) is 12.4. The molecule has 4 saturated carbocycles. The number of benzene rings is 1. The molecule has 1 N–H and O–H groups in total. The third-order valence-electron chi connectivity index (χ3n) is 8.13. The van der Waals surface area contributed by atoms with Crippen LogP contribution in [-0.2, 0) is 9.59 Å². The predicted octanol–water partition coefficient (Wildman–Crippen LogP) is 4.45. The van der Waals surface area contributed by atoms with Gasteiger partial charge in [-0.2, -0.15) is 0 Å². The van der Waals surface area contributed by atoms with Crippen molar-refractivity contribution in [3.63, 3.8) is 0 Å². The normalized spacial score (nSPS) is 33.8. The van der Waals surface area contributed by atoms with Crippen molar-refractivity contribution in [2.75, 3.05) is 19.0 Å². The Labute approximate surface area is 186 Å². The van der Waals surface area contributed by atoms with Gasteiger partial charge in [0.1, 0.15) is 11.8 Å². The number of ether oxygens (including phenoxy) is 1. The standard InChI is InChI=1S/C24H29N3O3S/c1-30-17-4-5-18-20(10-17)31-23(25-18)26-21(28)19-3-2-6-27(19)22(29)24-11-14-7-15(12-24)9-16(8-14)13-24/h4-5,10,14-16,19H,2-3,6-9,11-13H2,1H3,(H,25,26,28). The average Bonchev–Trinajstić information content (AvgIpc) is 3.38. The third kappa shape index (κ3) is 3.23. The fourth-order valence-electron chi connectivity index (χ4n) is 7.23. The lowest BCUT2D eigenvalue weighted by molar-refractivity contribution is -0.160. The lowest BCUT2D eigenvalue weighted by Gasteiger charge is -2.56. The Hall–Kier alpha value is -2.15. The van der Waals surface area contributed by atoms with Crippen LogP contribution in [0.1, 0.15) is 51.4 Å². The lowest BCUT2D eigenvalue weighted by atomic mass is 9.49. The van der Waals surface area contributed by atoms with E-state index in [0.717, 1.165) is 65.8 Å². The van der Waals surface area contributed by atoms with Crippen LogP contribution < -0.4 is 10.1 Å². The molecule has 6 nitrogen and oxygen atoms in total. The molecule has 31 heavy (non-hydrogen) atoms. The quantitative estimate of drug-likeness (QED) is 0.764. The average molecular weight is 440 g/mol. The van der Waals surface area contributed by atoms with Gasteiger partial charge < -0.3 is 15.0 Å². The summed E-state index contributed by atoms with van der Waals surface area (Å²) >= 11 is 1.44. The van der Waals surface area contributed by atoms with Gasteiger partial charge in [-0.25, -0.2) is 4.98 Å². The van der Waals surface area contributed by atoms with Crippen LogP contribution in [0.15, 0.2) is 18.2 Å². The highest BCUT2D eigenvalue weighted by atomic mass is 32.1. The fourth-order valence-corrected chi connectivity index (χ4v) is 8.13. The van der Waals surface area contributed by atoms with Crippen molar-refractivity contribution in [1.29, 1.82) is 0 Å². The molecule has 164 valence electrons. The minimum absolute atomic E-state index is 0.0957. The molecule has 1 unspecified atom stereocenters. The van der Waals surface area contributed by atoms with Gasteiger partial charge in [0.25, 0.3) is 0 Å². The molecule has 2 heterocycles. The molecular formula is C24H29N3O3S. The molecule has 0 radical (unpaired) electrons. The minimum Gasteiger partial charge on any atom is -0.497 e. The zero-order chi connectivity index (χ0) is 21.2. The molecule has 2 aromatic rings. The van der Waals surface area contributed by atoms with Gasteiger partial charge in [0.05, 0.1) is 22.7 Å². The van der Waals surface area contributed by atoms with Gasteiger partial charge in [-0.3, -0.25) is 9.59 Å². The van der Waals surface area contributed by atoms with Crippen molar-refractivity contribution in [2.45, 2.75) is 57.4 Å². The van der Waals surface area contributed by atoms with E-state index >= 15 is 0 Å².